The lowest BCUT2D eigenvalue weighted by Crippen LogP contribution is -2.12. The van der Waals surface area contributed by atoms with E-state index in [9.17, 15) is 0 Å². The maximum atomic E-state index is 6.06. The van der Waals surface area contributed by atoms with Gasteiger partial charge in [-0.05, 0) is 22.6 Å². The van der Waals surface area contributed by atoms with Crippen LogP contribution in [0.2, 0.25) is 0 Å². The van der Waals surface area contributed by atoms with Gasteiger partial charge in [0.1, 0.15) is 0 Å². The molecule has 1 nitrogen and oxygen atoms in total. The van der Waals surface area contributed by atoms with Crippen LogP contribution in [0.15, 0.2) is 48.5 Å². The largest absolute Gasteiger partial charge is 0.398 e. The lowest BCUT2D eigenvalue weighted by atomic mass is 9.81. The molecule has 17 heavy (non-hydrogen) atoms. The molecule has 0 amide bonds. The average Bonchev–Trinajstić information content (AvgIpc) is 2.28. The van der Waals surface area contributed by atoms with Crippen LogP contribution in [0.4, 0.5) is 5.69 Å². The van der Waals surface area contributed by atoms with Crippen molar-refractivity contribution in [3.63, 3.8) is 0 Å². The highest BCUT2D eigenvalue weighted by Crippen LogP contribution is 2.35. The van der Waals surface area contributed by atoms with Gasteiger partial charge in [0, 0.05) is 11.3 Å². The molecule has 0 saturated heterocycles. The Balaban J connectivity index is 2.65. The van der Waals surface area contributed by atoms with Crippen LogP contribution >= 0.6 is 0 Å². The van der Waals surface area contributed by atoms with E-state index in [2.05, 4.69) is 51.1 Å². The Labute approximate surface area is 103 Å². The zero-order valence-electron chi connectivity index (χ0n) is 10.7. The van der Waals surface area contributed by atoms with Crippen LogP contribution in [0.3, 0.4) is 0 Å². The number of anilines is 1. The first-order valence-corrected chi connectivity index (χ1v) is 5.94. The number of para-hydroxylation sites is 1. The lowest BCUT2D eigenvalue weighted by molar-refractivity contribution is 0.592. The highest BCUT2D eigenvalue weighted by atomic mass is 14.6. The Bertz CT molecular complexity index is 521. The van der Waals surface area contributed by atoms with Crippen LogP contribution in [-0.4, -0.2) is 0 Å². The van der Waals surface area contributed by atoms with Gasteiger partial charge in [-0.15, -0.1) is 0 Å². The molecule has 0 radical (unpaired) electrons. The molecule has 0 saturated carbocycles. The summed E-state index contributed by atoms with van der Waals surface area (Å²) in [5.74, 6) is 0. The highest BCUT2D eigenvalue weighted by Gasteiger charge is 2.18. The Morgan fingerprint density at radius 1 is 0.765 bits per heavy atom. The second kappa shape index (κ2) is 4.25. The summed E-state index contributed by atoms with van der Waals surface area (Å²) < 4.78 is 0. The summed E-state index contributed by atoms with van der Waals surface area (Å²) in [5.41, 5.74) is 10.7. The molecular formula is C16H19N. The Morgan fingerprint density at radius 2 is 1.29 bits per heavy atom. The van der Waals surface area contributed by atoms with Crippen molar-refractivity contribution < 1.29 is 0 Å². The van der Waals surface area contributed by atoms with Gasteiger partial charge < -0.3 is 5.73 Å². The molecule has 0 aliphatic carbocycles. The van der Waals surface area contributed by atoms with E-state index in [4.69, 9.17) is 5.73 Å². The fourth-order valence-corrected chi connectivity index (χ4v) is 2.11. The van der Waals surface area contributed by atoms with Crippen LogP contribution < -0.4 is 5.73 Å². The topological polar surface area (TPSA) is 26.0 Å². The first kappa shape index (κ1) is 11.7. The second-order valence-electron chi connectivity index (χ2n) is 5.38. The molecule has 0 aliphatic rings. The third-order valence-corrected chi connectivity index (χ3v) is 2.99. The third kappa shape index (κ3) is 2.33. The van der Waals surface area contributed by atoms with Crippen molar-refractivity contribution in [3.05, 3.63) is 54.1 Å². The van der Waals surface area contributed by atoms with Crippen molar-refractivity contribution in [2.75, 3.05) is 5.73 Å². The summed E-state index contributed by atoms with van der Waals surface area (Å²) >= 11 is 0. The molecule has 1 heteroatoms. The maximum Gasteiger partial charge on any atom is 0.0393 e. The van der Waals surface area contributed by atoms with E-state index < -0.39 is 0 Å². The fourth-order valence-electron chi connectivity index (χ4n) is 2.11. The van der Waals surface area contributed by atoms with E-state index in [1.807, 2.05) is 18.2 Å². The predicted molar refractivity (Wildman–Crippen MR) is 75.0 cm³/mol. The van der Waals surface area contributed by atoms with Crippen molar-refractivity contribution in [3.8, 4) is 11.1 Å². The van der Waals surface area contributed by atoms with Gasteiger partial charge in [-0.3, -0.25) is 0 Å². The minimum absolute atomic E-state index is 0.124. The molecule has 88 valence electrons. The van der Waals surface area contributed by atoms with Gasteiger partial charge in [-0.25, -0.2) is 0 Å². The summed E-state index contributed by atoms with van der Waals surface area (Å²) in [4.78, 5) is 0. The first-order valence-electron chi connectivity index (χ1n) is 5.94. The molecule has 0 aliphatic heterocycles. The summed E-state index contributed by atoms with van der Waals surface area (Å²) in [5, 5.41) is 0. The standard InChI is InChI=1S/C16H19N/c1-16(2,3)14-10-6-4-8-12(14)13-9-5-7-11-15(13)17/h4-11H,17H2,1-3H3. The van der Waals surface area contributed by atoms with E-state index in [1.165, 1.54) is 11.1 Å². The van der Waals surface area contributed by atoms with E-state index in [0.717, 1.165) is 11.3 Å². The van der Waals surface area contributed by atoms with Crippen LogP contribution in [0.1, 0.15) is 26.3 Å². The van der Waals surface area contributed by atoms with E-state index >= 15 is 0 Å². The van der Waals surface area contributed by atoms with Crippen molar-refractivity contribution in [2.45, 2.75) is 26.2 Å². The Morgan fingerprint density at radius 3 is 1.88 bits per heavy atom. The molecule has 2 N–H and O–H groups in total. The molecular weight excluding hydrogens is 206 g/mol. The van der Waals surface area contributed by atoms with Gasteiger partial charge in [0.25, 0.3) is 0 Å². The monoisotopic (exact) mass is 225 g/mol. The van der Waals surface area contributed by atoms with Crippen molar-refractivity contribution >= 4 is 5.69 Å². The van der Waals surface area contributed by atoms with Gasteiger partial charge in [0.05, 0.1) is 0 Å². The van der Waals surface area contributed by atoms with E-state index in [1.54, 1.807) is 0 Å². The summed E-state index contributed by atoms with van der Waals surface area (Å²) in [6, 6.07) is 16.5. The zero-order valence-corrected chi connectivity index (χ0v) is 10.7. The molecule has 0 heterocycles. The molecule has 0 fully saturated rings. The lowest BCUT2D eigenvalue weighted by Gasteiger charge is -2.23. The average molecular weight is 225 g/mol. The predicted octanol–water partition coefficient (Wildman–Crippen LogP) is 4.23. The molecule has 0 spiro atoms. The summed E-state index contributed by atoms with van der Waals surface area (Å²) in [6.45, 7) is 6.68. The van der Waals surface area contributed by atoms with Gasteiger partial charge in [-0.2, -0.15) is 0 Å². The number of nitrogens with two attached hydrogens (primary N) is 1. The molecule has 2 rings (SSSR count). The quantitative estimate of drug-likeness (QED) is 0.722. The number of benzene rings is 2. The van der Waals surface area contributed by atoms with Gasteiger partial charge in [-0.1, -0.05) is 63.2 Å². The molecule has 0 bridgehead atoms. The van der Waals surface area contributed by atoms with E-state index in [-0.39, 0.29) is 5.41 Å². The van der Waals surface area contributed by atoms with Gasteiger partial charge >= 0.3 is 0 Å². The molecule has 2 aromatic rings. The van der Waals surface area contributed by atoms with Crippen molar-refractivity contribution in [1.82, 2.24) is 0 Å². The molecule has 0 unspecified atom stereocenters. The van der Waals surface area contributed by atoms with Gasteiger partial charge in [0.2, 0.25) is 0 Å². The van der Waals surface area contributed by atoms with Gasteiger partial charge in [0.15, 0.2) is 0 Å². The Hall–Kier alpha value is -1.76. The third-order valence-electron chi connectivity index (χ3n) is 2.99. The van der Waals surface area contributed by atoms with Crippen LogP contribution in [0.5, 0.6) is 0 Å². The second-order valence-corrected chi connectivity index (χ2v) is 5.38. The zero-order chi connectivity index (χ0) is 12.5. The van der Waals surface area contributed by atoms with Crippen molar-refractivity contribution in [1.29, 1.82) is 0 Å². The Kier molecular flexibility index (Phi) is 2.93. The molecule has 0 aromatic heterocycles. The molecule has 0 atom stereocenters. The first-order chi connectivity index (χ1) is 8.00. The number of rotatable bonds is 1. The molecule has 2 aromatic carbocycles. The van der Waals surface area contributed by atoms with Crippen LogP contribution in [0, 0.1) is 0 Å². The minimum Gasteiger partial charge on any atom is -0.398 e. The highest BCUT2D eigenvalue weighted by molar-refractivity contribution is 5.79. The van der Waals surface area contributed by atoms with Crippen LogP contribution in [-0.2, 0) is 5.41 Å². The minimum atomic E-state index is 0.124. The maximum absolute atomic E-state index is 6.06. The SMILES string of the molecule is CC(C)(C)c1ccccc1-c1ccccc1N. The summed E-state index contributed by atoms with van der Waals surface area (Å²) in [6.07, 6.45) is 0. The normalized spacial score (nSPS) is 11.5. The summed E-state index contributed by atoms with van der Waals surface area (Å²) in [7, 11) is 0. The van der Waals surface area contributed by atoms with Crippen molar-refractivity contribution in [2.24, 2.45) is 0 Å². The number of nitrogen functional groups attached to an aromatic ring is 1. The fraction of sp³-hybridized carbons (Fsp3) is 0.250. The van der Waals surface area contributed by atoms with E-state index in [0.29, 0.717) is 0 Å². The number of hydrogen-bond donors (Lipinski definition) is 1. The van der Waals surface area contributed by atoms with Crippen LogP contribution in [0.25, 0.3) is 11.1 Å². The smallest absolute Gasteiger partial charge is 0.0393 e. The number of hydrogen-bond acceptors (Lipinski definition) is 1.